The molecule has 138 valence electrons. The lowest BCUT2D eigenvalue weighted by atomic mass is 9.95. The molecule has 0 fully saturated rings. The summed E-state index contributed by atoms with van der Waals surface area (Å²) in [4.78, 5) is 0. The summed E-state index contributed by atoms with van der Waals surface area (Å²) in [6.07, 6.45) is 1.60. The SMILES string of the molecule is CC=C(C(C)=Cc1c(F)c(F)cc(F)c1F)c1c(F)c(F)cc(F)c1F. The van der Waals surface area contributed by atoms with Crippen LogP contribution in [0.15, 0.2) is 23.8 Å². The first-order chi connectivity index (χ1) is 12.1. The van der Waals surface area contributed by atoms with E-state index in [2.05, 4.69) is 0 Å². The van der Waals surface area contributed by atoms with Crippen molar-refractivity contribution in [1.29, 1.82) is 0 Å². The summed E-state index contributed by atoms with van der Waals surface area (Å²) in [6.45, 7) is 2.34. The first kappa shape index (κ1) is 19.7. The molecular weight excluding hydrogens is 368 g/mol. The number of hydrogen-bond acceptors (Lipinski definition) is 0. The number of benzene rings is 2. The fourth-order valence-corrected chi connectivity index (χ4v) is 2.39. The molecule has 2 aromatic rings. The van der Waals surface area contributed by atoms with Crippen LogP contribution in [-0.2, 0) is 0 Å². The van der Waals surface area contributed by atoms with Crippen molar-refractivity contribution < 1.29 is 35.1 Å². The number of halogens is 8. The van der Waals surface area contributed by atoms with Gasteiger partial charge in [0.25, 0.3) is 0 Å². The van der Waals surface area contributed by atoms with Crippen molar-refractivity contribution in [1.82, 2.24) is 0 Å². The van der Waals surface area contributed by atoms with Gasteiger partial charge >= 0.3 is 0 Å². The maximum atomic E-state index is 13.9. The fraction of sp³-hybridized carbons (Fsp3) is 0.111. The zero-order valence-electron chi connectivity index (χ0n) is 13.3. The summed E-state index contributed by atoms with van der Waals surface area (Å²) in [6, 6.07) is -0.00300. The molecular formula is C18H10F8. The Morgan fingerprint density at radius 2 is 1.08 bits per heavy atom. The van der Waals surface area contributed by atoms with E-state index in [4.69, 9.17) is 0 Å². The minimum absolute atomic E-state index is 0.00177. The average Bonchev–Trinajstić information content (AvgIpc) is 2.58. The van der Waals surface area contributed by atoms with Gasteiger partial charge in [0.15, 0.2) is 46.5 Å². The highest BCUT2D eigenvalue weighted by atomic mass is 19.2. The van der Waals surface area contributed by atoms with Crippen LogP contribution in [0.5, 0.6) is 0 Å². The van der Waals surface area contributed by atoms with Gasteiger partial charge in [-0.3, -0.25) is 0 Å². The molecule has 0 nitrogen and oxygen atoms in total. The molecule has 0 aliphatic rings. The van der Waals surface area contributed by atoms with Gasteiger partial charge in [-0.15, -0.1) is 0 Å². The van der Waals surface area contributed by atoms with Gasteiger partial charge in [-0.1, -0.05) is 6.08 Å². The second kappa shape index (κ2) is 7.31. The monoisotopic (exact) mass is 378 g/mol. The molecule has 0 amide bonds. The third-order valence-electron chi connectivity index (χ3n) is 3.60. The smallest absolute Gasteiger partial charge is 0.169 e. The molecule has 0 aromatic heterocycles. The van der Waals surface area contributed by atoms with E-state index in [9.17, 15) is 35.1 Å². The quantitative estimate of drug-likeness (QED) is 0.334. The summed E-state index contributed by atoms with van der Waals surface area (Å²) in [7, 11) is 0. The highest BCUT2D eigenvalue weighted by Crippen LogP contribution is 2.32. The highest BCUT2D eigenvalue weighted by molar-refractivity contribution is 5.84. The van der Waals surface area contributed by atoms with E-state index in [-0.39, 0.29) is 17.7 Å². The third kappa shape index (κ3) is 3.36. The molecule has 26 heavy (non-hydrogen) atoms. The molecule has 0 heterocycles. The van der Waals surface area contributed by atoms with Gasteiger partial charge < -0.3 is 0 Å². The second-order valence-corrected chi connectivity index (χ2v) is 5.25. The van der Waals surface area contributed by atoms with E-state index in [1.165, 1.54) is 6.92 Å². The summed E-state index contributed by atoms with van der Waals surface area (Å²) >= 11 is 0. The van der Waals surface area contributed by atoms with Gasteiger partial charge in [-0.25, -0.2) is 35.1 Å². The number of rotatable bonds is 3. The Hall–Kier alpha value is -2.64. The zero-order chi connectivity index (χ0) is 19.8. The zero-order valence-corrected chi connectivity index (χ0v) is 13.3. The Morgan fingerprint density at radius 1 is 0.692 bits per heavy atom. The molecule has 0 aliphatic carbocycles. The van der Waals surface area contributed by atoms with Crippen molar-refractivity contribution in [2.45, 2.75) is 13.8 Å². The van der Waals surface area contributed by atoms with E-state index in [1.54, 1.807) is 0 Å². The molecule has 0 unspecified atom stereocenters. The second-order valence-electron chi connectivity index (χ2n) is 5.25. The standard InChI is InChI=1S/C18H10F8/c1-3-8(14-17(25)12(21)6-13(22)18(14)26)7(2)4-9-15(23)10(19)5-11(20)16(9)24/h3-6H,1-2H3. The van der Waals surface area contributed by atoms with Gasteiger partial charge in [0, 0.05) is 12.1 Å². The van der Waals surface area contributed by atoms with Gasteiger partial charge in [0.1, 0.15) is 0 Å². The van der Waals surface area contributed by atoms with E-state index >= 15 is 0 Å². The van der Waals surface area contributed by atoms with Crippen LogP contribution >= 0.6 is 0 Å². The molecule has 0 saturated heterocycles. The minimum Gasteiger partial charge on any atom is -0.204 e. The van der Waals surface area contributed by atoms with Gasteiger partial charge in [-0.2, -0.15) is 0 Å². The molecule has 8 heteroatoms. The lowest BCUT2D eigenvalue weighted by Crippen LogP contribution is -2.04. The third-order valence-corrected chi connectivity index (χ3v) is 3.60. The lowest BCUT2D eigenvalue weighted by Gasteiger charge is -2.12. The van der Waals surface area contributed by atoms with Crippen LogP contribution in [0.25, 0.3) is 11.6 Å². The van der Waals surface area contributed by atoms with Crippen molar-refractivity contribution >= 4 is 11.6 Å². The number of allylic oxidation sites excluding steroid dienone is 3. The summed E-state index contributed by atoms with van der Waals surface area (Å²) in [5.74, 6) is -13.6. The first-order valence-electron chi connectivity index (χ1n) is 7.11. The van der Waals surface area contributed by atoms with Crippen LogP contribution < -0.4 is 0 Å². The van der Waals surface area contributed by atoms with Crippen LogP contribution in [0.1, 0.15) is 25.0 Å². The molecule has 0 bridgehead atoms. The predicted octanol–water partition coefficient (Wildman–Crippen LogP) is 6.31. The lowest BCUT2D eigenvalue weighted by molar-refractivity contribution is 0.450. The van der Waals surface area contributed by atoms with Gasteiger partial charge in [-0.05, 0) is 31.1 Å². The molecule has 0 atom stereocenters. The molecule has 2 aromatic carbocycles. The Morgan fingerprint density at radius 3 is 1.46 bits per heavy atom. The first-order valence-corrected chi connectivity index (χ1v) is 7.11. The van der Waals surface area contributed by atoms with Crippen LogP contribution in [0.4, 0.5) is 35.1 Å². The van der Waals surface area contributed by atoms with E-state index in [1.807, 2.05) is 0 Å². The predicted molar refractivity (Wildman–Crippen MR) is 79.9 cm³/mol. The minimum atomic E-state index is -1.73. The maximum Gasteiger partial charge on any atom is 0.169 e. The molecule has 0 aliphatic heterocycles. The molecule has 0 spiro atoms. The summed E-state index contributed by atoms with van der Waals surface area (Å²) < 4.78 is 109. The van der Waals surface area contributed by atoms with Crippen molar-refractivity contribution in [2.24, 2.45) is 0 Å². The largest absolute Gasteiger partial charge is 0.204 e. The normalized spacial score (nSPS) is 12.7. The van der Waals surface area contributed by atoms with Crippen LogP contribution in [0.2, 0.25) is 0 Å². The Bertz CT molecular complexity index is 889. The molecule has 0 N–H and O–H groups in total. The molecule has 0 saturated carbocycles. The fourth-order valence-electron chi connectivity index (χ4n) is 2.39. The van der Waals surface area contributed by atoms with Gasteiger partial charge in [0.2, 0.25) is 0 Å². The average molecular weight is 378 g/mol. The van der Waals surface area contributed by atoms with Gasteiger partial charge in [0.05, 0.1) is 11.1 Å². The Balaban J connectivity index is 2.71. The summed E-state index contributed by atoms with van der Waals surface area (Å²) in [5, 5.41) is 0. The topological polar surface area (TPSA) is 0 Å². The van der Waals surface area contributed by atoms with Crippen molar-refractivity contribution in [3.63, 3.8) is 0 Å². The van der Waals surface area contributed by atoms with Crippen LogP contribution in [0.3, 0.4) is 0 Å². The molecule has 2 rings (SSSR count). The van der Waals surface area contributed by atoms with Crippen LogP contribution in [0, 0.1) is 46.5 Å². The Kier molecular flexibility index (Phi) is 5.53. The summed E-state index contributed by atoms with van der Waals surface area (Å²) in [5.41, 5.74) is -3.01. The van der Waals surface area contributed by atoms with Crippen molar-refractivity contribution in [3.8, 4) is 0 Å². The van der Waals surface area contributed by atoms with E-state index in [0.29, 0.717) is 6.08 Å². The van der Waals surface area contributed by atoms with E-state index < -0.39 is 63.2 Å². The number of hydrogen-bond donors (Lipinski definition) is 0. The van der Waals surface area contributed by atoms with Crippen molar-refractivity contribution in [2.75, 3.05) is 0 Å². The Labute approximate surface area is 143 Å². The molecule has 0 radical (unpaired) electrons. The maximum absolute atomic E-state index is 13.9. The highest BCUT2D eigenvalue weighted by Gasteiger charge is 2.24. The van der Waals surface area contributed by atoms with Crippen LogP contribution in [-0.4, -0.2) is 0 Å². The van der Waals surface area contributed by atoms with Crippen molar-refractivity contribution in [3.05, 3.63) is 81.4 Å². The van der Waals surface area contributed by atoms with E-state index in [0.717, 1.165) is 13.0 Å².